The van der Waals surface area contributed by atoms with E-state index in [9.17, 15) is 35.9 Å². The van der Waals surface area contributed by atoms with Gasteiger partial charge in [-0.15, -0.1) is 11.8 Å². The summed E-state index contributed by atoms with van der Waals surface area (Å²) in [7, 11) is 5.15. The quantitative estimate of drug-likeness (QED) is 0.165. The molecule has 1 aliphatic heterocycles. The number of benzene rings is 2. The fourth-order valence-electron chi connectivity index (χ4n) is 3.83. The van der Waals surface area contributed by atoms with Gasteiger partial charge in [0, 0.05) is 49.5 Å². The molecule has 2 amide bonds. The van der Waals surface area contributed by atoms with Crippen LogP contribution in [0.15, 0.2) is 53.7 Å². The number of hydrogen-bond acceptors (Lipinski definition) is 8. The number of amides is 2. The zero-order chi connectivity index (χ0) is 36.2. The van der Waals surface area contributed by atoms with Gasteiger partial charge >= 0.3 is 24.3 Å². The Balaban J connectivity index is 0.000000479. The Kier molecular flexibility index (Phi) is 14.3. The first kappa shape index (κ1) is 39.4. The number of halogens is 6. The summed E-state index contributed by atoms with van der Waals surface area (Å²) in [5.74, 6) is -4.12. The minimum atomic E-state index is -5.08. The van der Waals surface area contributed by atoms with Gasteiger partial charge in [-0.3, -0.25) is 14.7 Å². The number of carbonyl (C=O) groups is 4. The highest BCUT2D eigenvalue weighted by Crippen LogP contribution is 2.33. The zero-order valence-corrected chi connectivity index (χ0v) is 26.3. The average Bonchev–Trinajstić information content (AvgIpc) is 3.56. The maximum absolute atomic E-state index is 13.2. The lowest BCUT2D eigenvalue weighted by atomic mass is 9.95. The lowest BCUT2D eigenvalue weighted by Gasteiger charge is -2.26. The van der Waals surface area contributed by atoms with Crippen LogP contribution >= 0.6 is 11.8 Å². The predicted molar refractivity (Wildman–Crippen MR) is 161 cm³/mol. The maximum atomic E-state index is 13.2. The fraction of sp³-hybridized carbons (Fsp3) is 0.345. The molecule has 5 N–H and O–H groups in total. The number of anilines is 1. The van der Waals surface area contributed by atoms with Crippen molar-refractivity contribution in [2.24, 2.45) is 0 Å². The minimum absolute atomic E-state index is 0.0737. The van der Waals surface area contributed by atoms with Crippen molar-refractivity contribution in [2.75, 3.05) is 32.3 Å². The molecule has 3 aromatic rings. The first-order valence-electron chi connectivity index (χ1n) is 13.6. The first-order chi connectivity index (χ1) is 22.3. The monoisotopic (exact) mass is 707 g/mol. The number of nitrogens with one attached hydrogen (secondary N) is 3. The molecule has 2 heterocycles. The van der Waals surface area contributed by atoms with Crippen LogP contribution in [-0.2, 0) is 32.1 Å². The number of nitrogens with zero attached hydrogens (tertiary/aromatic N) is 2. The van der Waals surface area contributed by atoms with Crippen LogP contribution in [0.2, 0.25) is 0 Å². The van der Waals surface area contributed by atoms with E-state index in [0.29, 0.717) is 25.1 Å². The second-order valence-corrected chi connectivity index (χ2v) is 11.1. The standard InChI is InChI=1S/C25H29N5O3S.2C2HF3O2/c1-30(2)24(31)8-9-34-23-12-16(19-14-27-28-15-19)5-7-21(23)29-25(32)22-11-18-10-20(33-3)6-4-17(18)13-26-22;2*3-2(4,5)1(6)7/h4-7,10,12,14-15,22,26H,8-9,11,13H2,1-3H3,(H,27,28)(H,29,32);2*(H,6,7)/t22-;;/m1../s1. The van der Waals surface area contributed by atoms with Crippen LogP contribution in [0.5, 0.6) is 5.75 Å². The molecular formula is C29H31F6N5O7S. The molecule has 262 valence electrons. The molecule has 1 atom stereocenters. The number of carbonyl (C=O) groups excluding carboxylic acids is 2. The van der Waals surface area contributed by atoms with Crippen LogP contribution in [0, 0.1) is 0 Å². The maximum Gasteiger partial charge on any atom is 0.490 e. The molecule has 19 heteroatoms. The van der Waals surface area contributed by atoms with E-state index in [4.69, 9.17) is 24.5 Å². The summed E-state index contributed by atoms with van der Waals surface area (Å²) < 4.78 is 68.8. The van der Waals surface area contributed by atoms with E-state index in [2.05, 4.69) is 20.8 Å². The number of aromatic amines is 1. The number of aromatic nitrogens is 2. The van der Waals surface area contributed by atoms with Crippen molar-refractivity contribution in [3.05, 3.63) is 59.9 Å². The number of aliphatic carboxylic acids is 2. The van der Waals surface area contributed by atoms with Gasteiger partial charge in [0.2, 0.25) is 11.8 Å². The fourth-order valence-corrected chi connectivity index (χ4v) is 4.81. The number of fused-ring (bicyclic) bond motifs is 1. The number of rotatable bonds is 8. The molecule has 2 aromatic carbocycles. The van der Waals surface area contributed by atoms with Crippen molar-refractivity contribution < 1.29 is 60.5 Å². The largest absolute Gasteiger partial charge is 0.497 e. The van der Waals surface area contributed by atoms with Crippen LogP contribution < -0.4 is 15.4 Å². The highest BCUT2D eigenvalue weighted by molar-refractivity contribution is 7.99. The lowest BCUT2D eigenvalue weighted by molar-refractivity contribution is -0.193. The summed E-state index contributed by atoms with van der Waals surface area (Å²) in [4.78, 5) is 45.5. The molecule has 4 rings (SSSR count). The van der Waals surface area contributed by atoms with Crippen LogP contribution in [-0.4, -0.2) is 94.4 Å². The van der Waals surface area contributed by atoms with Crippen molar-refractivity contribution in [3.8, 4) is 16.9 Å². The molecule has 0 saturated carbocycles. The number of alkyl halides is 6. The number of carboxylic acids is 2. The highest BCUT2D eigenvalue weighted by atomic mass is 32.2. The van der Waals surface area contributed by atoms with Gasteiger partial charge in [0.15, 0.2) is 0 Å². The van der Waals surface area contributed by atoms with E-state index in [0.717, 1.165) is 33.0 Å². The summed E-state index contributed by atoms with van der Waals surface area (Å²) in [6.07, 6.45) is -5.57. The van der Waals surface area contributed by atoms with Crippen molar-refractivity contribution in [1.29, 1.82) is 0 Å². The van der Waals surface area contributed by atoms with E-state index in [1.54, 1.807) is 44.1 Å². The predicted octanol–water partition coefficient (Wildman–Crippen LogP) is 4.58. The average molecular weight is 708 g/mol. The Bertz CT molecular complexity index is 1540. The number of H-pyrrole nitrogens is 1. The highest BCUT2D eigenvalue weighted by Gasteiger charge is 2.39. The van der Waals surface area contributed by atoms with E-state index in [1.165, 1.54) is 5.56 Å². The molecular weight excluding hydrogens is 676 g/mol. The third-order valence-corrected chi connectivity index (χ3v) is 7.38. The van der Waals surface area contributed by atoms with Crippen molar-refractivity contribution in [1.82, 2.24) is 20.4 Å². The third kappa shape index (κ3) is 12.4. The van der Waals surface area contributed by atoms with Gasteiger partial charge in [-0.2, -0.15) is 31.4 Å². The van der Waals surface area contributed by atoms with E-state index in [-0.39, 0.29) is 17.9 Å². The van der Waals surface area contributed by atoms with Crippen molar-refractivity contribution in [2.45, 2.75) is 42.7 Å². The van der Waals surface area contributed by atoms with Crippen molar-refractivity contribution in [3.63, 3.8) is 0 Å². The number of carboxylic acid groups (broad SMARTS) is 2. The third-order valence-electron chi connectivity index (χ3n) is 6.32. The van der Waals surface area contributed by atoms with Crippen LogP contribution in [0.4, 0.5) is 32.0 Å². The molecule has 0 radical (unpaired) electrons. The molecule has 48 heavy (non-hydrogen) atoms. The Morgan fingerprint density at radius 1 is 0.979 bits per heavy atom. The number of hydrogen-bond donors (Lipinski definition) is 5. The Morgan fingerprint density at radius 2 is 1.60 bits per heavy atom. The van der Waals surface area contributed by atoms with Gasteiger partial charge in [0.25, 0.3) is 0 Å². The Hall–Kier alpha value is -4.78. The Labute approximate surface area is 273 Å². The van der Waals surface area contributed by atoms with Crippen molar-refractivity contribution >= 4 is 41.2 Å². The molecule has 1 aromatic heterocycles. The Morgan fingerprint density at radius 3 is 2.12 bits per heavy atom. The molecule has 0 aliphatic carbocycles. The summed E-state index contributed by atoms with van der Waals surface area (Å²) >= 11 is 1.56. The van der Waals surface area contributed by atoms with Crippen LogP contribution in [0.1, 0.15) is 17.5 Å². The smallest absolute Gasteiger partial charge is 0.490 e. The number of thioether (sulfide) groups is 1. The van der Waals surface area contributed by atoms with E-state index >= 15 is 0 Å². The molecule has 0 bridgehead atoms. The zero-order valence-electron chi connectivity index (χ0n) is 25.5. The molecule has 1 aliphatic rings. The van der Waals surface area contributed by atoms with Gasteiger partial charge in [-0.25, -0.2) is 9.59 Å². The SMILES string of the molecule is COc1ccc2c(c1)C[C@H](C(=O)Nc1ccc(-c3cn[nH]c3)cc1SCCC(=O)N(C)C)NC2.O=C(O)C(F)(F)F.O=C(O)C(F)(F)F. The molecule has 0 saturated heterocycles. The molecule has 0 unspecified atom stereocenters. The van der Waals surface area contributed by atoms with Crippen LogP contribution in [0.25, 0.3) is 11.1 Å². The summed E-state index contributed by atoms with van der Waals surface area (Å²) in [5.41, 5.74) is 4.98. The lowest BCUT2D eigenvalue weighted by Crippen LogP contribution is -2.44. The number of ether oxygens (including phenoxy) is 1. The minimum Gasteiger partial charge on any atom is -0.497 e. The van der Waals surface area contributed by atoms with Gasteiger partial charge < -0.3 is 30.5 Å². The molecule has 0 fully saturated rings. The van der Waals surface area contributed by atoms with E-state index in [1.807, 2.05) is 42.6 Å². The van der Waals surface area contributed by atoms with Gasteiger partial charge in [0.05, 0.1) is 25.0 Å². The van der Waals surface area contributed by atoms with Gasteiger partial charge in [0.1, 0.15) is 5.75 Å². The number of methoxy groups -OCH3 is 1. The topological polar surface area (TPSA) is 174 Å². The summed E-state index contributed by atoms with van der Waals surface area (Å²) in [6.45, 7) is 0.630. The second-order valence-electron chi connectivity index (χ2n) is 9.95. The summed E-state index contributed by atoms with van der Waals surface area (Å²) in [5, 5.41) is 27.5. The summed E-state index contributed by atoms with van der Waals surface area (Å²) in [6, 6.07) is 11.5. The molecule has 12 nitrogen and oxygen atoms in total. The molecule has 0 spiro atoms. The van der Waals surface area contributed by atoms with Gasteiger partial charge in [-0.1, -0.05) is 12.1 Å². The first-order valence-corrected chi connectivity index (χ1v) is 14.6. The van der Waals surface area contributed by atoms with Gasteiger partial charge in [-0.05, 0) is 47.4 Å². The van der Waals surface area contributed by atoms with E-state index < -0.39 is 24.3 Å². The second kappa shape index (κ2) is 17.4. The van der Waals surface area contributed by atoms with Crippen LogP contribution in [0.3, 0.4) is 0 Å². The normalized spacial score (nSPS) is 13.8.